The number of carbonyl (C=O) groups is 4. The van der Waals surface area contributed by atoms with Crippen molar-refractivity contribution in [2.75, 3.05) is 24.9 Å². The molecular weight excluding hydrogens is 504 g/mol. The number of hydrogen-bond donors (Lipinski definition) is 0. The van der Waals surface area contributed by atoms with Crippen LogP contribution in [0.2, 0.25) is 0 Å². The van der Waals surface area contributed by atoms with Crippen molar-refractivity contribution < 1.29 is 38.1 Å². The molecule has 0 bridgehead atoms. The van der Waals surface area contributed by atoms with Gasteiger partial charge in [0.25, 0.3) is 11.8 Å². The van der Waals surface area contributed by atoms with Crippen molar-refractivity contribution in [3.63, 3.8) is 0 Å². The average Bonchev–Trinajstić information content (AvgIpc) is 3.54. The number of imide groups is 1. The summed E-state index contributed by atoms with van der Waals surface area (Å²) in [6.45, 7) is 1.77. The monoisotopic (exact) mass is 530 g/mol. The van der Waals surface area contributed by atoms with Crippen LogP contribution in [0.1, 0.15) is 29.3 Å². The van der Waals surface area contributed by atoms with E-state index in [0.29, 0.717) is 34.1 Å². The lowest BCUT2D eigenvalue weighted by Gasteiger charge is -2.28. The maximum absolute atomic E-state index is 13.6. The van der Waals surface area contributed by atoms with Crippen LogP contribution >= 0.6 is 0 Å². The normalized spacial score (nSPS) is 15.8. The first-order valence-corrected chi connectivity index (χ1v) is 12.4. The van der Waals surface area contributed by atoms with E-state index in [9.17, 15) is 19.2 Å². The Morgan fingerprint density at radius 2 is 1.72 bits per heavy atom. The van der Waals surface area contributed by atoms with Gasteiger partial charge in [0.2, 0.25) is 12.7 Å². The summed E-state index contributed by atoms with van der Waals surface area (Å²) in [6, 6.07) is 19.1. The zero-order valence-electron chi connectivity index (χ0n) is 21.2. The maximum atomic E-state index is 13.6. The van der Waals surface area contributed by atoms with Crippen molar-refractivity contribution in [3.8, 4) is 17.2 Å². The highest BCUT2D eigenvalue weighted by atomic mass is 16.7. The van der Waals surface area contributed by atoms with Crippen LogP contribution in [0.3, 0.4) is 0 Å². The summed E-state index contributed by atoms with van der Waals surface area (Å²) in [5.41, 5.74) is 1.30. The van der Waals surface area contributed by atoms with Crippen molar-refractivity contribution in [2.45, 2.75) is 25.9 Å². The highest BCUT2D eigenvalue weighted by Gasteiger charge is 2.44. The number of rotatable bonds is 9. The van der Waals surface area contributed by atoms with Gasteiger partial charge in [0.15, 0.2) is 18.1 Å². The number of benzene rings is 3. The number of para-hydroxylation sites is 1. The van der Waals surface area contributed by atoms with Crippen molar-refractivity contribution in [1.29, 1.82) is 0 Å². The van der Waals surface area contributed by atoms with Crippen LogP contribution in [0.4, 0.5) is 5.69 Å². The largest absolute Gasteiger partial charge is 0.484 e. The minimum absolute atomic E-state index is 0.0486. The number of amides is 3. The SMILES string of the molecule is CCOC(=O)c1ccc(N2C(=O)CC(N(Cc3ccc4c(c3)OCO4)C(=O)COc3ccccc3)C2=O)cc1. The van der Waals surface area contributed by atoms with E-state index in [-0.39, 0.29) is 33.0 Å². The van der Waals surface area contributed by atoms with E-state index in [1.807, 2.05) is 6.07 Å². The van der Waals surface area contributed by atoms with Gasteiger partial charge in [-0.25, -0.2) is 9.69 Å². The van der Waals surface area contributed by atoms with Gasteiger partial charge in [-0.2, -0.15) is 0 Å². The topological polar surface area (TPSA) is 112 Å². The second-order valence-electron chi connectivity index (χ2n) is 8.87. The molecule has 2 aliphatic heterocycles. The van der Waals surface area contributed by atoms with Crippen molar-refractivity contribution in [2.24, 2.45) is 0 Å². The Bertz CT molecular complexity index is 1390. The molecule has 1 saturated heterocycles. The molecule has 5 rings (SSSR count). The van der Waals surface area contributed by atoms with Crippen LogP contribution in [0.15, 0.2) is 72.8 Å². The summed E-state index contributed by atoms with van der Waals surface area (Å²) < 4.78 is 21.5. The molecule has 0 spiro atoms. The molecule has 0 aliphatic carbocycles. The lowest BCUT2D eigenvalue weighted by molar-refractivity contribution is -0.140. The molecule has 0 saturated carbocycles. The van der Waals surface area contributed by atoms with Crippen LogP contribution < -0.4 is 19.1 Å². The quantitative estimate of drug-likeness (QED) is 0.306. The van der Waals surface area contributed by atoms with Crippen LogP contribution in [-0.2, 0) is 25.7 Å². The van der Waals surface area contributed by atoms with Crippen LogP contribution in [0.25, 0.3) is 0 Å². The van der Waals surface area contributed by atoms with E-state index in [1.54, 1.807) is 49.4 Å². The molecule has 39 heavy (non-hydrogen) atoms. The number of fused-ring (bicyclic) bond motifs is 1. The van der Waals surface area contributed by atoms with Gasteiger partial charge in [-0.05, 0) is 61.0 Å². The number of carbonyl (C=O) groups excluding carboxylic acids is 4. The second-order valence-corrected chi connectivity index (χ2v) is 8.87. The summed E-state index contributed by atoms with van der Waals surface area (Å²) >= 11 is 0. The Hall–Kier alpha value is -4.86. The Morgan fingerprint density at radius 3 is 2.46 bits per heavy atom. The van der Waals surface area contributed by atoms with Gasteiger partial charge in [-0.15, -0.1) is 0 Å². The van der Waals surface area contributed by atoms with Gasteiger partial charge in [0.05, 0.1) is 24.3 Å². The lowest BCUT2D eigenvalue weighted by Crippen LogP contribution is -2.46. The number of ether oxygens (including phenoxy) is 4. The smallest absolute Gasteiger partial charge is 0.338 e. The Kier molecular flexibility index (Phi) is 7.44. The molecule has 0 aromatic heterocycles. The van der Waals surface area contributed by atoms with E-state index < -0.39 is 29.7 Å². The second kappa shape index (κ2) is 11.3. The van der Waals surface area contributed by atoms with Crippen molar-refractivity contribution >= 4 is 29.4 Å². The predicted molar refractivity (Wildman–Crippen MR) is 138 cm³/mol. The van der Waals surface area contributed by atoms with E-state index in [4.69, 9.17) is 18.9 Å². The fraction of sp³-hybridized carbons (Fsp3) is 0.241. The van der Waals surface area contributed by atoms with Crippen molar-refractivity contribution in [1.82, 2.24) is 4.90 Å². The first-order chi connectivity index (χ1) is 18.9. The van der Waals surface area contributed by atoms with Gasteiger partial charge in [-0.1, -0.05) is 24.3 Å². The highest BCUT2D eigenvalue weighted by molar-refractivity contribution is 6.23. The molecule has 1 unspecified atom stereocenters. The zero-order valence-corrected chi connectivity index (χ0v) is 21.2. The van der Waals surface area contributed by atoms with E-state index >= 15 is 0 Å². The van der Waals surface area contributed by atoms with Crippen LogP contribution in [0.5, 0.6) is 17.2 Å². The third-order valence-corrected chi connectivity index (χ3v) is 6.35. The Labute approximate surface area is 224 Å². The first kappa shape index (κ1) is 25.8. The summed E-state index contributed by atoms with van der Waals surface area (Å²) in [5, 5.41) is 0. The minimum atomic E-state index is -1.04. The van der Waals surface area contributed by atoms with Gasteiger partial charge in [0.1, 0.15) is 11.8 Å². The number of esters is 1. The van der Waals surface area contributed by atoms with Gasteiger partial charge >= 0.3 is 5.97 Å². The maximum Gasteiger partial charge on any atom is 0.338 e. The van der Waals surface area contributed by atoms with E-state index in [1.165, 1.54) is 29.2 Å². The predicted octanol–water partition coefficient (Wildman–Crippen LogP) is 3.33. The molecule has 1 atom stereocenters. The third-order valence-electron chi connectivity index (χ3n) is 6.35. The van der Waals surface area contributed by atoms with E-state index in [2.05, 4.69) is 0 Å². The fourth-order valence-corrected chi connectivity index (χ4v) is 4.44. The molecule has 3 aromatic rings. The molecule has 2 aliphatic rings. The standard InChI is InChI=1S/C29H26N2O8/c1-2-36-29(35)20-9-11-21(12-10-20)31-26(32)15-23(28(31)34)30(27(33)17-37-22-6-4-3-5-7-22)16-19-8-13-24-25(14-19)39-18-38-24/h3-14,23H,2,15-18H2,1H3. The third kappa shape index (κ3) is 5.54. The molecule has 1 fully saturated rings. The van der Waals surface area contributed by atoms with Gasteiger partial charge < -0.3 is 23.8 Å². The Morgan fingerprint density at radius 1 is 0.974 bits per heavy atom. The molecule has 0 radical (unpaired) electrons. The van der Waals surface area contributed by atoms with Crippen molar-refractivity contribution in [3.05, 3.63) is 83.9 Å². The average molecular weight is 531 g/mol. The van der Waals surface area contributed by atoms with Gasteiger partial charge in [-0.3, -0.25) is 14.4 Å². The number of hydrogen-bond acceptors (Lipinski definition) is 8. The minimum Gasteiger partial charge on any atom is -0.484 e. The summed E-state index contributed by atoms with van der Waals surface area (Å²) in [5.74, 6) is -0.321. The molecule has 3 amide bonds. The molecule has 200 valence electrons. The molecule has 2 heterocycles. The summed E-state index contributed by atoms with van der Waals surface area (Å²) in [4.78, 5) is 54.4. The van der Waals surface area contributed by atoms with Crippen LogP contribution in [0, 0.1) is 0 Å². The van der Waals surface area contributed by atoms with E-state index in [0.717, 1.165) is 4.90 Å². The van der Waals surface area contributed by atoms with Gasteiger partial charge in [0, 0.05) is 6.54 Å². The molecule has 10 nitrogen and oxygen atoms in total. The van der Waals surface area contributed by atoms with Crippen LogP contribution in [-0.4, -0.2) is 54.6 Å². The molecular formula is C29H26N2O8. The molecule has 3 aromatic carbocycles. The first-order valence-electron chi connectivity index (χ1n) is 12.4. The number of nitrogens with zero attached hydrogens (tertiary/aromatic N) is 2. The fourth-order valence-electron chi connectivity index (χ4n) is 4.44. The summed E-state index contributed by atoms with van der Waals surface area (Å²) in [7, 11) is 0. The highest BCUT2D eigenvalue weighted by Crippen LogP contribution is 2.34. The molecule has 0 N–H and O–H groups in total. The zero-order chi connectivity index (χ0) is 27.4. The summed E-state index contributed by atoms with van der Waals surface area (Å²) in [6.07, 6.45) is -0.194. The lowest BCUT2D eigenvalue weighted by atomic mass is 10.1. The number of anilines is 1. The molecule has 10 heteroatoms. The Balaban J connectivity index is 1.38.